The van der Waals surface area contributed by atoms with Gasteiger partial charge in [-0.05, 0) is 12.1 Å². The molecule has 0 radical (unpaired) electrons. The van der Waals surface area contributed by atoms with Gasteiger partial charge in [0.1, 0.15) is 18.4 Å². The van der Waals surface area contributed by atoms with Crippen LogP contribution in [0.5, 0.6) is 0 Å². The first-order valence-corrected chi connectivity index (χ1v) is 3.45. The highest BCUT2D eigenvalue weighted by Crippen LogP contribution is 2.24. The van der Waals surface area contributed by atoms with Crippen LogP contribution in [0.1, 0.15) is 11.3 Å². The predicted molar refractivity (Wildman–Crippen MR) is 39.9 cm³/mol. The van der Waals surface area contributed by atoms with Gasteiger partial charge in [0.2, 0.25) is 0 Å². The molecule has 13 heavy (non-hydrogen) atoms. The summed E-state index contributed by atoms with van der Waals surface area (Å²) in [6, 6.07) is 4.00. The zero-order valence-electron chi connectivity index (χ0n) is 6.54. The molecule has 1 aromatic rings. The van der Waals surface area contributed by atoms with Crippen molar-refractivity contribution < 1.29 is 13.9 Å². The Kier molecular flexibility index (Phi) is 2.54. The van der Waals surface area contributed by atoms with E-state index >= 15 is 0 Å². The Morgan fingerprint density at radius 1 is 1.54 bits per heavy atom. The van der Waals surface area contributed by atoms with Crippen molar-refractivity contribution in [3.63, 3.8) is 0 Å². The molecular weight excluding hydrogens is 178 g/mol. The third-order valence-electron chi connectivity index (χ3n) is 1.47. The van der Waals surface area contributed by atoms with Crippen molar-refractivity contribution in [2.24, 2.45) is 0 Å². The van der Waals surface area contributed by atoms with Gasteiger partial charge >= 0.3 is 5.92 Å². The molecule has 0 bridgehead atoms. The monoisotopic (exact) mass is 184 g/mol. The molecule has 0 aliphatic rings. The third-order valence-corrected chi connectivity index (χ3v) is 1.47. The molecule has 1 rings (SSSR count). The van der Waals surface area contributed by atoms with Gasteiger partial charge in [-0.2, -0.15) is 14.0 Å². The number of halogens is 2. The molecule has 0 aromatic carbocycles. The van der Waals surface area contributed by atoms with Gasteiger partial charge in [-0.25, -0.2) is 0 Å². The number of aliphatic hydroxyl groups excluding tert-OH is 1. The van der Waals surface area contributed by atoms with Crippen molar-refractivity contribution in [2.75, 3.05) is 6.61 Å². The lowest BCUT2D eigenvalue weighted by atomic mass is 10.2. The highest BCUT2D eigenvalue weighted by molar-refractivity contribution is 5.27. The third kappa shape index (κ3) is 1.98. The fourth-order valence-electron chi connectivity index (χ4n) is 0.757. The van der Waals surface area contributed by atoms with Crippen molar-refractivity contribution in [2.45, 2.75) is 5.92 Å². The Balaban J connectivity index is 3.00. The maximum absolute atomic E-state index is 12.7. The van der Waals surface area contributed by atoms with Gasteiger partial charge in [0.15, 0.2) is 0 Å². The van der Waals surface area contributed by atoms with E-state index in [-0.39, 0.29) is 5.56 Å². The van der Waals surface area contributed by atoms with Gasteiger partial charge in [-0.1, -0.05) is 0 Å². The van der Waals surface area contributed by atoms with Crippen molar-refractivity contribution >= 4 is 0 Å². The molecule has 1 heterocycles. The van der Waals surface area contributed by atoms with Crippen LogP contribution in [0.3, 0.4) is 0 Å². The molecule has 1 aromatic heterocycles. The number of hydrogen-bond donors (Lipinski definition) is 1. The highest BCUT2D eigenvalue weighted by atomic mass is 19.3. The minimum atomic E-state index is -3.34. The van der Waals surface area contributed by atoms with E-state index in [9.17, 15) is 8.78 Å². The molecular formula is C8H6F2N2O. The number of nitrogens with zero attached hydrogens (tertiary/aromatic N) is 2. The van der Waals surface area contributed by atoms with Crippen molar-refractivity contribution in [3.05, 3.63) is 29.6 Å². The normalized spacial score (nSPS) is 10.9. The van der Waals surface area contributed by atoms with Crippen LogP contribution in [0.4, 0.5) is 8.78 Å². The van der Waals surface area contributed by atoms with Gasteiger partial charge < -0.3 is 5.11 Å². The largest absolute Gasteiger partial charge is 0.390 e. The Morgan fingerprint density at radius 2 is 2.23 bits per heavy atom. The second-order valence-electron chi connectivity index (χ2n) is 2.41. The first kappa shape index (κ1) is 9.55. The number of aromatic nitrogens is 1. The maximum atomic E-state index is 12.7. The summed E-state index contributed by atoms with van der Waals surface area (Å²) in [6.07, 6.45) is 1.04. The van der Waals surface area contributed by atoms with Crippen LogP contribution in [0.25, 0.3) is 0 Å². The molecule has 0 amide bonds. The van der Waals surface area contributed by atoms with Crippen LogP contribution < -0.4 is 0 Å². The molecule has 0 unspecified atom stereocenters. The number of aliphatic hydroxyl groups is 1. The molecule has 1 N–H and O–H groups in total. The second-order valence-corrected chi connectivity index (χ2v) is 2.41. The summed E-state index contributed by atoms with van der Waals surface area (Å²) in [6.45, 7) is -1.29. The Bertz CT molecular complexity index is 329. The van der Waals surface area contributed by atoms with E-state index in [2.05, 4.69) is 4.98 Å². The van der Waals surface area contributed by atoms with E-state index in [4.69, 9.17) is 10.4 Å². The Labute approximate surface area is 73.3 Å². The molecule has 3 nitrogen and oxygen atoms in total. The number of alkyl halides is 2. The van der Waals surface area contributed by atoms with Crippen LogP contribution in [0.15, 0.2) is 18.3 Å². The van der Waals surface area contributed by atoms with E-state index in [1.54, 1.807) is 6.07 Å². The first-order valence-electron chi connectivity index (χ1n) is 3.45. The smallest absolute Gasteiger partial charge is 0.312 e. The number of nitriles is 1. The molecule has 0 fully saturated rings. The highest BCUT2D eigenvalue weighted by Gasteiger charge is 2.31. The van der Waals surface area contributed by atoms with Crippen LogP contribution in [-0.4, -0.2) is 16.7 Å². The van der Waals surface area contributed by atoms with Crippen LogP contribution in [0.2, 0.25) is 0 Å². The fraction of sp³-hybridized carbons (Fsp3) is 0.250. The minimum absolute atomic E-state index is 0.206. The molecule has 0 atom stereocenters. The van der Waals surface area contributed by atoms with E-state index in [0.717, 1.165) is 12.3 Å². The van der Waals surface area contributed by atoms with Gasteiger partial charge in [-0.15, -0.1) is 0 Å². The lowest BCUT2D eigenvalue weighted by molar-refractivity contribution is -0.0592. The Morgan fingerprint density at radius 3 is 2.62 bits per heavy atom. The van der Waals surface area contributed by atoms with E-state index < -0.39 is 18.2 Å². The first-order chi connectivity index (χ1) is 6.10. The number of hydrogen-bond acceptors (Lipinski definition) is 3. The standard InChI is InChI=1S/C8H6F2N2O/c9-8(10,5-13)7-2-1-6(3-11)4-12-7/h1-2,4,13H,5H2. The zero-order chi connectivity index (χ0) is 9.90. The van der Waals surface area contributed by atoms with Crippen LogP contribution in [0, 0.1) is 11.3 Å². The lowest BCUT2D eigenvalue weighted by Crippen LogP contribution is -2.19. The van der Waals surface area contributed by atoms with E-state index in [1.807, 2.05) is 0 Å². The van der Waals surface area contributed by atoms with Gasteiger partial charge in [-0.3, -0.25) is 4.98 Å². The quantitative estimate of drug-likeness (QED) is 0.746. The average Bonchev–Trinajstić information content (AvgIpc) is 2.18. The summed E-state index contributed by atoms with van der Waals surface area (Å²) < 4.78 is 25.5. The van der Waals surface area contributed by atoms with Crippen molar-refractivity contribution in [1.29, 1.82) is 5.26 Å². The number of pyridine rings is 1. The van der Waals surface area contributed by atoms with Gasteiger partial charge in [0.25, 0.3) is 0 Å². The van der Waals surface area contributed by atoms with E-state index in [1.165, 1.54) is 6.07 Å². The summed E-state index contributed by atoms with van der Waals surface area (Å²) >= 11 is 0. The second kappa shape index (κ2) is 3.46. The fourth-order valence-corrected chi connectivity index (χ4v) is 0.757. The molecule has 0 spiro atoms. The average molecular weight is 184 g/mol. The summed E-state index contributed by atoms with van der Waals surface area (Å²) in [4.78, 5) is 3.36. The van der Waals surface area contributed by atoms with Crippen LogP contribution in [-0.2, 0) is 5.92 Å². The summed E-state index contributed by atoms with van der Waals surface area (Å²) in [5.74, 6) is -3.34. The topological polar surface area (TPSA) is 56.9 Å². The Hall–Kier alpha value is -1.54. The summed E-state index contributed by atoms with van der Waals surface area (Å²) in [5, 5.41) is 16.7. The van der Waals surface area contributed by atoms with Crippen molar-refractivity contribution in [3.8, 4) is 6.07 Å². The molecule has 0 saturated heterocycles. The molecule has 5 heteroatoms. The zero-order valence-corrected chi connectivity index (χ0v) is 6.54. The number of rotatable bonds is 2. The maximum Gasteiger partial charge on any atom is 0.312 e. The minimum Gasteiger partial charge on any atom is -0.390 e. The SMILES string of the molecule is N#Cc1ccc(C(F)(F)CO)nc1. The van der Waals surface area contributed by atoms with Crippen molar-refractivity contribution in [1.82, 2.24) is 4.98 Å². The molecule has 0 aliphatic heterocycles. The molecule has 0 saturated carbocycles. The van der Waals surface area contributed by atoms with E-state index in [0.29, 0.717) is 0 Å². The van der Waals surface area contributed by atoms with Crippen LogP contribution >= 0.6 is 0 Å². The lowest BCUT2D eigenvalue weighted by Gasteiger charge is -2.11. The van der Waals surface area contributed by atoms with Gasteiger partial charge in [0, 0.05) is 6.20 Å². The summed E-state index contributed by atoms with van der Waals surface area (Å²) in [7, 11) is 0. The molecule has 68 valence electrons. The molecule has 0 aliphatic carbocycles. The van der Waals surface area contributed by atoms with Gasteiger partial charge in [0.05, 0.1) is 5.56 Å². The summed E-state index contributed by atoms with van der Waals surface area (Å²) in [5.41, 5.74) is -0.327. The predicted octanol–water partition coefficient (Wildman–Crippen LogP) is 1.04.